The lowest BCUT2D eigenvalue weighted by Gasteiger charge is -2.14. The lowest BCUT2D eigenvalue weighted by molar-refractivity contribution is 0.716. The van der Waals surface area contributed by atoms with Gasteiger partial charge >= 0.3 is 0 Å². The maximum atomic E-state index is 13.1. The van der Waals surface area contributed by atoms with Gasteiger partial charge in [-0.1, -0.05) is 34.8 Å². The molecule has 0 atom stereocenters. The summed E-state index contributed by atoms with van der Waals surface area (Å²) in [5, 5.41) is 5.89. The molecule has 9 heteroatoms. The predicted octanol–water partition coefficient (Wildman–Crippen LogP) is 4.93. The summed E-state index contributed by atoms with van der Waals surface area (Å²) < 4.78 is 3.05. The van der Waals surface area contributed by atoms with Crippen molar-refractivity contribution in [2.45, 2.75) is 20.4 Å². The Morgan fingerprint density at radius 3 is 2.64 bits per heavy atom. The first-order chi connectivity index (χ1) is 13.4. The monoisotopic (exact) mass is 433 g/mol. The number of benzene rings is 1. The molecule has 0 aliphatic carbocycles. The summed E-state index contributed by atoms with van der Waals surface area (Å²) in [4.78, 5) is 22.2. The number of aromatic nitrogens is 5. The molecule has 0 bridgehead atoms. The summed E-state index contributed by atoms with van der Waals surface area (Å²) in [5.74, 6) is 0.822. The topological polar surface area (TPSA) is 65.6 Å². The van der Waals surface area contributed by atoms with Crippen molar-refractivity contribution < 1.29 is 0 Å². The van der Waals surface area contributed by atoms with Crippen molar-refractivity contribution in [2.75, 3.05) is 0 Å². The van der Waals surface area contributed by atoms with Crippen LogP contribution in [0.5, 0.6) is 0 Å². The van der Waals surface area contributed by atoms with Crippen LogP contribution in [0, 0.1) is 6.92 Å². The Kier molecular flexibility index (Phi) is 4.87. The summed E-state index contributed by atoms with van der Waals surface area (Å²) in [6, 6.07) is 8.47. The van der Waals surface area contributed by atoms with Gasteiger partial charge in [0.2, 0.25) is 0 Å². The van der Waals surface area contributed by atoms with Crippen LogP contribution in [-0.2, 0) is 6.54 Å². The predicted molar refractivity (Wildman–Crippen MR) is 112 cm³/mol. The average molecular weight is 435 g/mol. The molecule has 0 saturated carbocycles. The summed E-state index contributed by atoms with van der Waals surface area (Å²) in [6.07, 6.45) is 1.60. The first kappa shape index (κ1) is 18.9. The molecule has 142 valence electrons. The van der Waals surface area contributed by atoms with E-state index in [1.807, 2.05) is 13.8 Å². The molecule has 0 fully saturated rings. The van der Waals surface area contributed by atoms with Gasteiger partial charge in [-0.2, -0.15) is 5.10 Å². The molecule has 28 heavy (non-hydrogen) atoms. The Balaban J connectivity index is 2.09. The van der Waals surface area contributed by atoms with Gasteiger partial charge in [-0.15, -0.1) is 0 Å². The number of hydrogen-bond donors (Lipinski definition) is 0. The van der Waals surface area contributed by atoms with E-state index in [0.29, 0.717) is 44.8 Å². The largest absolute Gasteiger partial charge is 0.291 e. The zero-order chi connectivity index (χ0) is 20.0. The second kappa shape index (κ2) is 7.20. The van der Waals surface area contributed by atoms with E-state index in [-0.39, 0.29) is 10.7 Å². The second-order valence-corrected chi connectivity index (χ2v) is 7.41. The molecule has 0 aliphatic heterocycles. The van der Waals surface area contributed by atoms with Crippen LogP contribution in [0.25, 0.3) is 28.2 Å². The van der Waals surface area contributed by atoms with E-state index >= 15 is 0 Å². The normalized spacial score (nSPS) is 11.3. The standard InChI is InChI=1S/C19H14Cl3N5O/c1-3-26-18(24-16-10(2)7-11(20)8-12(16)19(26)28)14-9-15(22)25-27(14)17-13(21)5-4-6-23-17/h4-9H,3H2,1-2H3. The summed E-state index contributed by atoms with van der Waals surface area (Å²) >= 11 is 18.6. The van der Waals surface area contributed by atoms with E-state index in [4.69, 9.17) is 39.8 Å². The Morgan fingerprint density at radius 1 is 1.14 bits per heavy atom. The summed E-state index contributed by atoms with van der Waals surface area (Å²) in [5.41, 5.74) is 1.70. The molecule has 0 spiro atoms. The summed E-state index contributed by atoms with van der Waals surface area (Å²) in [7, 11) is 0. The van der Waals surface area contributed by atoms with Crippen LogP contribution in [0.15, 0.2) is 41.3 Å². The van der Waals surface area contributed by atoms with Crippen LogP contribution in [0.1, 0.15) is 12.5 Å². The van der Waals surface area contributed by atoms with E-state index in [1.54, 1.807) is 41.1 Å². The molecule has 0 saturated heterocycles. The van der Waals surface area contributed by atoms with Crippen LogP contribution in [0.4, 0.5) is 0 Å². The highest BCUT2D eigenvalue weighted by Crippen LogP contribution is 2.29. The smallest absolute Gasteiger partial charge is 0.261 e. The number of rotatable bonds is 3. The molecule has 1 aromatic carbocycles. The molecule has 0 unspecified atom stereocenters. The van der Waals surface area contributed by atoms with Crippen LogP contribution >= 0.6 is 34.8 Å². The van der Waals surface area contributed by atoms with Crippen LogP contribution in [-0.4, -0.2) is 24.3 Å². The average Bonchev–Trinajstić information content (AvgIpc) is 3.04. The fourth-order valence-corrected chi connectivity index (χ4v) is 3.80. The minimum absolute atomic E-state index is 0.191. The maximum absolute atomic E-state index is 13.1. The quantitative estimate of drug-likeness (QED) is 0.458. The third-order valence-electron chi connectivity index (χ3n) is 4.38. The molecular weight excluding hydrogens is 421 g/mol. The molecule has 4 rings (SSSR count). The van der Waals surface area contributed by atoms with Crippen LogP contribution in [0.2, 0.25) is 15.2 Å². The van der Waals surface area contributed by atoms with Crippen molar-refractivity contribution in [2.24, 2.45) is 0 Å². The van der Waals surface area contributed by atoms with E-state index < -0.39 is 0 Å². The van der Waals surface area contributed by atoms with Gasteiger partial charge in [-0.3, -0.25) is 9.36 Å². The number of halogens is 3. The molecule has 0 amide bonds. The second-order valence-electron chi connectivity index (χ2n) is 6.18. The van der Waals surface area contributed by atoms with E-state index in [2.05, 4.69) is 10.1 Å². The Bertz CT molecular complexity index is 1280. The van der Waals surface area contributed by atoms with Crippen molar-refractivity contribution >= 4 is 45.7 Å². The molecule has 0 aliphatic rings. The van der Waals surface area contributed by atoms with Crippen LogP contribution < -0.4 is 5.56 Å². The summed E-state index contributed by atoms with van der Waals surface area (Å²) in [6.45, 7) is 4.13. The van der Waals surface area contributed by atoms with E-state index in [9.17, 15) is 4.79 Å². The maximum Gasteiger partial charge on any atom is 0.261 e. The lowest BCUT2D eigenvalue weighted by Crippen LogP contribution is -2.24. The fourth-order valence-electron chi connectivity index (χ4n) is 3.15. The van der Waals surface area contributed by atoms with Gasteiger partial charge in [0.25, 0.3) is 5.56 Å². The first-order valence-electron chi connectivity index (χ1n) is 8.48. The molecule has 0 N–H and O–H groups in total. The van der Waals surface area contributed by atoms with Gasteiger partial charge in [-0.25, -0.2) is 14.6 Å². The highest BCUT2D eigenvalue weighted by molar-refractivity contribution is 6.32. The van der Waals surface area contributed by atoms with Crippen molar-refractivity contribution in [1.82, 2.24) is 24.3 Å². The fraction of sp³-hybridized carbons (Fsp3) is 0.158. The van der Waals surface area contributed by atoms with Crippen LogP contribution in [0.3, 0.4) is 0 Å². The highest BCUT2D eigenvalue weighted by Gasteiger charge is 2.20. The third kappa shape index (κ3) is 3.07. The van der Waals surface area contributed by atoms with E-state index in [1.165, 1.54) is 4.68 Å². The number of hydrogen-bond acceptors (Lipinski definition) is 4. The van der Waals surface area contributed by atoms with E-state index in [0.717, 1.165) is 5.56 Å². The molecule has 4 aromatic rings. The molecule has 3 heterocycles. The van der Waals surface area contributed by atoms with Gasteiger partial charge in [0.05, 0.1) is 15.9 Å². The Hall–Kier alpha value is -2.41. The van der Waals surface area contributed by atoms with Crippen molar-refractivity contribution in [3.63, 3.8) is 0 Å². The van der Waals surface area contributed by atoms with Crippen molar-refractivity contribution in [3.05, 3.63) is 67.6 Å². The third-order valence-corrected chi connectivity index (χ3v) is 5.08. The SMILES string of the molecule is CCn1c(-c2cc(Cl)nn2-c2ncccc2Cl)nc2c(C)cc(Cl)cc2c1=O. The minimum Gasteiger partial charge on any atom is -0.291 e. The molecule has 0 radical (unpaired) electrons. The zero-order valence-corrected chi connectivity index (χ0v) is 17.2. The molecule has 3 aromatic heterocycles. The Labute approximate surface area is 175 Å². The number of pyridine rings is 1. The zero-order valence-electron chi connectivity index (χ0n) is 14.9. The number of aryl methyl sites for hydroxylation is 1. The molecule has 6 nitrogen and oxygen atoms in total. The van der Waals surface area contributed by atoms with Gasteiger partial charge in [0.15, 0.2) is 16.8 Å². The van der Waals surface area contributed by atoms with Gasteiger partial charge in [0, 0.05) is 23.8 Å². The first-order valence-corrected chi connectivity index (χ1v) is 9.61. The van der Waals surface area contributed by atoms with Gasteiger partial charge in [0.1, 0.15) is 5.69 Å². The van der Waals surface area contributed by atoms with Gasteiger partial charge < -0.3 is 0 Å². The minimum atomic E-state index is -0.191. The lowest BCUT2D eigenvalue weighted by atomic mass is 10.1. The van der Waals surface area contributed by atoms with Gasteiger partial charge in [-0.05, 0) is 43.7 Å². The molecular formula is C19H14Cl3N5O. The highest BCUT2D eigenvalue weighted by atomic mass is 35.5. The Morgan fingerprint density at radius 2 is 1.93 bits per heavy atom. The van der Waals surface area contributed by atoms with Crippen molar-refractivity contribution in [3.8, 4) is 17.3 Å². The van der Waals surface area contributed by atoms with Crippen molar-refractivity contribution in [1.29, 1.82) is 0 Å². The number of fused-ring (bicyclic) bond motifs is 1. The number of nitrogens with zero attached hydrogens (tertiary/aromatic N) is 5.